The van der Waals surface area contributed by atoms with Crippen LogP contribution in [0.3, 0.4) is 0 Å². The summed E-state index contributed by atoms with van der Waals surface area (Å²) in [6.07, 6.45) is -1.64. The molecule has 0 heterocycles. The third-order valence-corrected chi connectivity index (χ3v) is 5.88. The Morgan fingerprint density at radius 2 is 0.976 bits per heavy atom. The molecule has 0 saturated heterocycles. The minimum Gasteiger partial charge on any atom is -0.481 e. The molecule has 0 aliphatic heterocycles. The molecule has 0 rings (SSSR count). The largest absolute Gasteiger partial charge is 0.481 e. The van der Waals surface area contributed by atoms with Gasteiger partial charge in [0.2, 0.25) is 23.6 Å². The van der Waals surface area contributed by atoms with E-state index >= 15 is 0 Å². The molecule has 5 atom stereocenters. The van der Waals surface area contributed by atoms with Crippen molar-refractivity contribution in [2.24, 2.45) is 11.5 Å². The van der Waals surface area contributed by atoms with Gasteiger partial charge in [-0.05, 0) is 45.6 Å². The maximum atomic E-state index is 13.0. The van der Waals surface area contributed by atoms with Gasteiger partial charge in [-0.1, -0.05) is 6.42 Å². The molecule has 0 fully saturated rings. The Morgan fingerprint density at radius 1 is 0.571 bits per heavy atom. The Kier molecular flexibility index (Phi) is 17.7. The minimum atomic E-state index is -1.57. The highest BCUT2D eigenvalue weighted by Crippen LogP contribution is 2.06. The van der Waals surface area contributed by atoms with Crippen molar-refractivity contribution in [1.29, 1.82) is 0 Å². The van der Waals surface area contributed by atoms with Crippen LogP contribution in [0.15, 0.2) is 0 Å². The van der Waals surface area contributed by atoms with Crippen molar-refractivity contribution in [2.45, 2.75) is 94.9 Å². The van der Waals surface area contributed by atoms with Crippen molar-refractivity contribution in [2.75, 3.05) is 6.54 Å². The number of carbonyl (C=O) groups is 8. The second kappa shape index (κ2) is 19.7. The lowest BCUT2D eigenvalue weighted by Crippen LogP contribution is -2.58. The summed E-state index contributed by atoms with van der Waals surface area (Å²) in [7, 11) is 0. The lowest BCUT2D eigenvalue weighted by Gasteiger charge is -2.25. The smallest absolute Gasteiger partial charge is 0.326 e. The Labute approximate surface area is 240 Å². The third-order valence-electron chi connectivity index (χ3n) is 5.88. The molecule has 18 nitrogen and oxygen atoms in total. The second-order valence-corrected chi connectivity index (χ2v) is 9.44. The first kappa shape index (κ1) is 37.7. The number of rotatable bonds is 22. The first-order chi connectivity index (χ1) is 19.6. The summed E-state index contributed by atoms with van der Waals surface area (Å²) < 4.78 is 0. The number of aliphatic carboxylic acids is 4. The molecule has 4 amide bonds. The molecule has 238 valence electrons. The van der Waals surface area contributed by atoms with E-state index < -0.39 is 110 Å². The standard InChI is InChI=1S/C24H40N6O12/c1-12(20(37)30-16(24(41)42)7-10-19(35)36)27-22(39)14(5-8-17(31)32)29-23(40)15(6-9-18(33)34)28-21(38)13(26)4-2-3-11-25/h12-16H,2-11,25-26H2,1H3,(H,27,39)(H,28,38)(H,29,40)(H,30,37)(H,31,32)(H,33,34)(H,35,36)(H,41,42). The van der Waals surface area contributed by atoms with Gasteiger partial charge in [-0.3, -0.25) is 33.6 Å². The lowest BCUT2D eigenvalue weighted by molar-refractivity contribution is -0.143. The molecule has 0 aliphatic rings. The van der Waals surface area contributed by atoms with Crippen LogP contribution in [0.2, 0.25) is 0 Å². The van der Waals surface area contributed by atoms with Gasteiger partial charge in [0.1, 0.15) is 24.2 Å². The van der Waals surface area contributed by atoms with E-state index in [1.807, 2.05) is 0 Å². The van der Waals surface area contributed by atoms with Crippen LogP contribution >= 0.6 is 0 Å². The molecular formula is C24H40N6O12. The van der Waals surface area contributed by atoms with Crippen molar-refractivity contribution in [1.82, 2.24) is 21.3 Å². The first-order valence-corrected chi connectivity index (χ1v) is 13.1. The van der Waals surface area contributed by atoms with Crippen LogP contribution < -0.4 is 32.7 Å². The van der Waals surface area contributed by atoms with E-state index in [1.165, 1.54) is 6.92 Å². The third kappa shape index (κ3) is 16.1. The monoisotopic (exact) mass is 604 g/mol. The van der Waals surface area contributed by atoms with Crippen LogP contribution in [0.5, 0.6) is 0 Å². The van der Waals surface area contributed by atoms with E-state index in [9.17, 15) is 43.5 Å². The molecule has 0 spiro atoms. The minimum absolute atomic E-state index is 0.235. The predicted octanol–water partition coefficient (Wildman–Crippen LogP) is -2.92. The Balaban J connectivity index is 5.61. The quantitative estimate of drug-likeness (QED) is 0.0554. The van der Waals surface area contributed by atoms with Crippen LogP contribution in [0.1, 0.15) is 64.7 Å². The van der Waals surface area contributed by atoms with Gasteiger partial charge in [0, 0.05) is 19.3 Å². The molecule has 5 unspecified atom stereocenters. The fourth-order valence-electron chi connectivity index (χ4n) is 3.47. The van der Waals surface area contributed by atoms with Crippen LogP contribution in [-0.2, 0) is 38.4 Å². The Hall–Kier alpha value is -4.32. The maximum absolute atomic E-state index is 13.0. The zero-order valence-electron chi connectivity index (χ0n) is 23.2. The number of nitrogens with two attached hydrogens (primary N) is 2. The van der Waals surface area contributed by atoms with Gasteiger partial charge in [-0.15, -0.1) is 0 Å². The number of amides is 4. The fraction of sp³-hybridized carbons (Fsp3) is 0.667. The molecule has 42 heavy (non-hydrogen) atoms. The molecule has 0 aromatic heterocycles. The molecule has 0 radical (unpaired) electrons. The van der Waals surface area contributed by atoms with Crippen molar-refractivity contribution < 1.29 is 58.8 Å². The summed E-state index contributed by atoms with van der Waals surface area (Å²) in [5.74, 6) is -9.21. The van der Waals surface area contributed by atoms with Gasteiger partial charge >= 0.3 is 23.9 Å². The van der Waals surface area contributed by atoms with Crippen LogP contribution in [-0.4, -0.2) is 105 Å². The van der Waals surface area contributed by atoms with Crippen molar-refractivity contribution in [3.63, 3.8) is 0 Å². The van der Waals surface area contributed by atoms with Crippen LogP contribution in [0.25, 0.3) is 0 Å². The highest BCUT2D eigenvalue weighted by Gasteiger charge is 2.31. The topological polar surface area (TPSA) is 318 Å². The van der Waals surface area contributed by atoms with Gasteiger partial charge in [0.05, 0.1) is 6.04 Å². The van der Waals surface area contributed by atoms with E-state index in [4.69, 9.17) is 26.8 Å². The summed E-state index contributed by atoms with van der Waals surface area (Å²) in [5, 5.41) is 45.0. The average molecular weight is 605 g/mol. The predicted molar refractivity (Wildman–Crippen MR) is 143 cm³/mol. The van der Waals surface area contributed by atoms with Crippen molar-refractivity contribution in [3.05, 3.63) is 0 Å². The molecule has 18 heteroatoms. The Morgan fingerprint density at radius 3 is 1.40 bits per heavy atom. The van der Waals surface area contributed by atoms with Gasteiger partial charge in [-0.25, -0.2) is 4.79 Å². The summed E-state index contributed by atoms with van der Waals surface area (Å²) >= 11 is 0. The van der Waals surface area contributed by atoms with Gasteiger partial charge in [0.15, 0.2) is 0 Å². The van der Waals surface area contributed by atoms with E-state index in [-0.39, 0.29) is 12.8 Å². The number of hydrogen-bond acceptors (Lipinski definition) is 10. The van der Waals surface area contributed by atoms with Crippen molar-refractivity contribution >= 4 is 47.5 Å². The summed E-state index contributed by atoms with van der Waals surface area (Å²) in [6, 6.07) is -7.03. The average Bonchev–Trinajstić information content (AvgIpc) is 2.89. The zero-order chi connectivity index (χ0) is 32.4. The number of carboxylic acid groups (broad SMARTS) is 4. The van der Waals surface area contributed by atoms with Crippen LogP contribution in [0.4, 0.5) is 0 Å². The zero-order valence-corrected chi connectivity index (χ0v) is 23.2. The first-order valence-electron chi connectivity index (χ1n) is 13.1. The normalized spacial score (nSPS) is 14.3. The number of nitrogens with one attached hydrogen (secondary N) is 4. The van der Waals surface area contributed by atoms with Crippen molar-refractivity contribution in [3.8, 4) is 0 Å². The highest BCUT2D eigenvalue weighted by atomic mass is 16.4. The fourth-order valence-corrected chi connectivity index (χ4v) is 3.47. The summed E-state index contributed by atoms with van der Waals surface area (Å²) in [5.41, 5.74) is 11.2. The molecule has 0 bridgehead atoms. The number of unbranched alkanes of at least 4 members (excludes halogenated alkanes) is 1. The molecule has 0 saturated carbocycles. The summed E-state index contributed by atoms with van der Waals surface area (Å²) in [4.78, 5) is 95.1. The number of carbonyl (C=O) groups excluding carboxylic acids is 4. The SMILES string of the molecule is CC(NC(=O)C(CCC(=O)O)NC(=O)C(CCC(=O)O)NC(=O)C(N)CCCCN)C(=O)NC(CCC(=O)O)C(=O)O. The number of hydrogen-bond donors (Lipinski definition) is 10. The maximum Gasteiger partial charge on any atom is 0.326 e. The van der Waals surface area contributed by atoms with Crippen LogP contribution in [0, 0.1) is 0 Å². The molecule has 12 N–H and O–H groups in total. The van der Waals surface area contributed by atoms with E-state index in [1.54, 1.807) is 0 Å². The molecular weight excluding hydrogens is 564 g/mol. The van der Waals surface area contributed by atoms with Gasteiger partial charge in [-0.2, -0.15) is 0 Å². The summed E-state index contributed by atoms with van der Waals surface area (Å²) in [6.45, 7) is 1.55. The lowest BCUT2D eigenvalue weighted by atomic mass is 10.1. The molecule has 0 aromatic carbocycles. The van der Waals surface area contributed by atoms with E-state index in [2.05, 4.69) is 21.3 Å². The van der Waals surface area contributed by atoms with Gasteiger partial charge in [0.25, 0.3) is 0 Å². The second-order valence-electron chi connectivity index (χ2n) is 9.44. The Bertz CT molecular complexity index is 991. The van der Waals surface area contributed by atoms with E-state index in [0.29, 0.717) is 19.4 Å². The van der Waals surface area contributed by atoms with E-state index in [0.717, 1.165) is 0 Å². The van der Waals surface area contributed by atoms with Gasteiger partial charge < -0.3 is 53.2 Å². The molecule has 0 aromatic rings. The number of carboxylic acids is 4. The highest BCUT2D eigenvalue weighted by molar-refractivity contribution is 5.95. The molecule has 0 aliphatic carbocycles.